The molecule has 1 aromatic carbocycles. The fourth-order valence-electron chi connectivity index (χ4n) is 1.28. The third-order valence-electron chi connectivity index (χ3n) is 2.01. The lowest BCUT2D eigenvalue weighted by molar-refractivity contribution is -0.142. The molecule has 4 heteroatoms. The number of ether oxygens (including phenoxy) is 1. The van der Waals surface area contributed by atoms with Gasteiger partial charge in [-0.05, 0) is 37.6 Å². The molecule has 90 valence electrons. The molecule has 1 aromatic rings. The maximum absolute atomic E-state index is 11.6. The number of hydrogen-bond donors (Lipinski definition) is 0. The third kappa shape index (κ3) is 3.77. The fraction of sp³-hybridized carbons (Fsp3) is 0.214. The molecule has 0 saturated heterocycles. The highest BCUT2D eigenvalue weighted by Crippen LogP contribution is 2.10. The number of esters is 1. The molecule has 0 aromatic heterocycles. The Morgan fingerprint density at radius 2 is 2.11 bits per heavy atom. The SMILES string of the molecule is CC(C)OC(=O)C(C#N)=Cc1cccc(C#N)c1. The molecule has 1 rings (SSSR count). The predicted molar refractivity (Wildman–Crippen MR) is 66.0 cm³/mol. The van der Waals surface area contributed by atoms with Crippen molar-refractivity contribution in [2.75, 3.05) is 0 Å². The number of carbonyl (C=O) groups excluding carboxylic acids is 1. The van der Waals surface area contributed by atoms with E-state index in [1.54, 1.807) is 44.2 Å². The molecule has 0 radical (unpaired) electrons. The Balaban J connectivity index is 3.02. The van der Waals surface area contributed by atoms with Crippen LogP contribution in [0.2, 0.25) is 0 Å². The fourth-order valence-corrected chi connectivity index (χ4v) is 1.28. The van der Waals surface area contributed by atoms with Crippen molar-refractivity contribution >= 4 is 12.0 Å². The van der Waals surface area contributed by atoms with Gasteiger partial charge in [0.25, 0.3) is 0 Å². The zero-order valence-electron chi connectivity index (χ0n) is 10.2. The summed E-state index contributed by atoms with van der Waals surface area (Å²) in [6.45, 7) is 3.42. The van der Waals surface area contributed by atoms with E-state index in [2.05, 4.69) is 0 Å². The van der Waals surface area contributed by atoms with Crippen LogP contribution in [0, 0.1) is 22.7 Å². The Labute approximate surface area is 106 Å². The number of rotatable bonds is 3. The Hall–Kier alpha value is -2.59. The van der Waals surface area contributed by atoms with Crippen molar-refractivity contribution in [3.05, 3.63) is 41.0 Å². The number of benzene rings is 1. The minimum atomic E-state index is -0.658. The second-order valence-electron chi connectivity index (χ2n) is 3.86. The van der Waals surface area contributed by atoms with Crippen LogP contribution in [0.1, 0.15) is 25.0 Å². The van der Waals surface area contributed by atoms with Crippen LogP contribution < -0.4 is 0 Å². The van der Waals surface area contributed by atoms with Gasteiger partial charge in [-0.15, -0.1) is 0 Å². The summed E-state index contributed by atoms with van der Waals surface area (Å²) in [5, 5.41) is 17.7. The summed E-state index contributed by atoms with van der Waals surface area (Å²) < 4.78 is 4.94. The molecule has 0 spiro atoms. The zero-order chi connectivity index (χ0) is 13.5. The Morgan fingerprint density at radius 1 is 1.39 bits per heavy atom. The van der Waals surface area contributed by atoms with Crippen LogP contribution in [0.5, 0.6) is 0 Å². The molecule has 0 atom stereocenters. The van der Waals surface area contributed by atoms with Crippen molar-refractivity contribution in [3.8, 4) is 12.1 Å². The van der Waals surface area contributed by atoms with Gasteiger partial charge in [0.2, 0.25) is 0 Å². The average Bonchev–Trinajstić information content (AvgIpc) is 2.35. The van der Waals surface area contributed by atoms with E-state index in [1.807, 2.05) is 6.07 Å². The Bertz CT molecular complexity index is 560. The van der Waals surface area contributed by atoms with Gasteiger partial charge in [0.15, 0.2) is 0 Å². The summed E-state index contributed by atoms with van der Waals surface area (Å²) in [6, 6.07) is 10.4. The summed E-state index contributed by atoms with van der Waals surface area (Å²) in [4.78, 5) is 11.6. The largest absolute Gasteiger partial charge is 0.459 e. The molecular formula is C14H12N2O2. The molecular weight excluding hydrogens is 228 g/mol. The van der Waals surface area contributed by atoms with Gasteiger partial charge in [-0.1, -0.05) is 12.1 Å². The second-order valence-corrected chi connectivity index (χ2v) is 3.86. The van der Waals surface area contributed by atoms with Gasteiger partial charge in [-0.25, -0.2) is 4.79 Å². The van der Waals surface area contributed by atoms with Crippen molar-refractivity contribution in [2.45, 2.75) is 20.0 Å². The number of nitriles is 2. The van der Waals surface area contributed by atoms with E-state index in [0.29, 0.717) is 11.1 Å². The molecule has 0 N–H and O–H groups in total. The molecule has 0 fully saturated rings. The summed E-state index contributed by atoms with van der Waals surface area (Å²) in [7, 11) is 0. The first-order valence-corrected chi connectivity index (χ1v) is 5.39. The lowest BCUT2D eigenvalue weighted by Gasteiger charge is -2.06. The van der Waals surface area contributed by atoms with E-state index in [-0.39, 0.29) is 11.7 Å². The van der Waals surface area contributed by atoms with Crippen molar-refractivity contribution in [3.63, 3.8) is 0 Å². The predicted octanol–water partition coefficient (Wildman–Crippen LogP) is 2.42. The van der Waals surface area contributed by atoms with Gasteiger partial charge >= 0.3 is 5.97 Å². The lowest BCUT2D eigenvalue weighted by atomic mass is 10.1. The average molecular weight is 240 g/mol. The Morgan fingerprint density at radius 3 is 2.67 bits per heavy atom. The van der Waals surface area contributed by atoms with Crippen LogP contribution in [0.4, 0.5) is 0 Å². The normalized spacial score (nSPS) is 10.6. The third-order valence-corrected chi connectivity index (χ3v) is 2.01. The molecule has 0 aliphatic carbocycles. The molecule has 0 heterocycles. The van der Waals surface area contributed by atoms with Crippen molar-refractivity contribution in [1.29, 1.82) is 10.5 Å². The van der Waals surface area contributed by atoms with Crippen LogP contribution in [-0.4, -0.2) is 12.1 Å². The van der Waals surface area contributed by atoms with Crippen LogP contribution in [0.3, 0.4) is 0 Å². The summed E-state index contributed by atoms with van der Waals surface area (Å²) >= 11 is 0. The standard InChI is InChI=1S/C14H12N2O2/c1-10(2)18-14(17)13(9-16)7-11-4-3-5-12(6-11)8-15/h3-7,10H,1-2H3. The maximum Gasteiger partial charge on any atom is 0.349 e. The number of hydrogen-bond acceptors (Lipinski definition) is 4. The highest BCUT2D eigenvalue weighted by Gasteiger charge is 2.12. The van der Waals surface area contributed by atoms with Gasteiger partial charge in [0, 0.05) is 0 Å². The maximum atomic E-state index is 11.6. The number of carbonyl (C=O) groups is 1. The van der Waals surface area contributed by atoms with Gasteiger partial charge < -0.3 is 4.74 Å². The first-order valence-electron chi connectivity index (χ1n) is 5.39. The van der Waals surface area contributed by atoms with Gasteiger partial charge in [0.05, 0.1) is 17.7 Å². The first kappa shape index (κ1) is 13.5. The molecule has 0 aliphatic heterocycles. The van der Waals surface area contributed by atoms with Crippen molar-refractivity contribution in [2.24, 2.45) is 0 Å². The molecule has 18 heavy (non-hydrogen) atoms. The van der Waals surface area contributed by atoms with E-state index in [1.165, 1.54) is 6.08 Å². The van der Waals surface area contributed by atoms with Crippen molar-refractivity contribution < 1.29 is 9.53 Å². The smallest absolute Gasteiger partial charge is 0.349 e. The van der Waals surface area contributed by atoms with E-state index in [9.17, 15) is 4.79 Å². The van der Waals surface area contributed by atoms with E-state index < -0.39 is 5.97 Å². The minimum Gasteiger partial charge on any atom is -0.459 e. The van der Waals surface area contributed by atoms with Crippen LogP contribution >= 0.6 is 0 Å². The first-order chi connectivity index (χ1) is 8.56. The highest BCUT2D eigenvalue weighted by atomic mass is 16.5. The molecule has 0 saturated carbocycles. The van der Waals surface area contributed by atoms with Crippen LogP contribution in [0.15, 0.2) is 29.8 Å². The number of nitrogens with zero attached hydrogens (tertiary/aromatic N) is 2. The summed E-state index contributed by atoms with van der Waals surface area (Å²) in [5.74, 6) is -0.658. The van der Waals surface area contributed by atoms with Crippen LogP contribution in [0.25, 0.3) is 6.08 Å². The molecule has 0 bridgehead atoms. The van der Waals surface area contributed by atoms with Gasteiger partial charge in [-0.2, -0.15) is 10.5 Å². The summed E-state index contributed by atoms with van der Waals surface area (Å²) in [6.07, 6.45) is 1.13. The van der Waals surface area contributed by atoms with E-state index >= 15 is 0 Å². The van der Waals surface area contributed by atoms with E-state index in [0.717, 1.165) is 0 Å². The molecule has 4 nitrogen and oxygen atoms in total. The van der Waals surface area contributed by atoms with Gasteiger partial charge in [-0.3, -0.25) is 0 Å². The van der Waals surface area contributed by atoms with Crippen molar-refractivity contribution in [1.82, 2.24) is 0 Å². The highest BCUT2D eigenvalue weighted by molar-refractivity contribution is 5.98. The topological polar surface area (TPSA) is 73.9 Å². The van der Waals surface area contributed by atoms with E-state index in [4.69, 9.17) is 15.3 Å². The Kier molecular flexibility index (Phi) is 4.66. The second kappa shape index (κ2) is 6.22. The van der Waals surface area contributed by atoms with Gasteiger partial charge in [0.1, 0.15) is 11.6 Å². The minimum absolute atomic E-state index is 0.0845. The summed E-state index contributed by atoms with van der Waals surface area (Å²) in [5.41, 5.74) is 1.00. The lowest BCUT2D eigenvalue weighted by Crippen LogP contribution is -2.12. The monoisotopic (exact) mass is 240 g/mol. The zero-order valence-corrected chi connectivity index (χ0v) is 10.2. The molecule has 0 amide bonds. The molecule has 0 aliphatic rings. The quantitative estimate of drug-likeness (QED) is 0.462. The van der Waals surface area contributed by atoms with Crippen LogP contribution in [-0.2, 0) is 9.53 Å². The molecule has 0 unspecified atom stereocenters.